The summed E-state index contributed by atoms with van der Waals surface area (Å²) in [7, 11) is 2.91. The van der Waals surface area contributed by atoms with Crippen molar-refractivity contribution in [1.82, 2.24) is 10.5 Å². The summed E-state index contributed by atoms with van der Waals surface area (Å²) in [6.45, 7) is 7.82. The highest BCUT2D eigenvalue weighted by atomic mass is 16.6. The standard InChI is InChI=1S/C26H26N2O3/c1-6-8-22-21(7-2)23(26(29)28-31-5)25(30-4)24(27-22)20-15-13-19(14-16-20)18-11-9-17(3)10-12-18/h6-16H,2H2,1,3-5H3,(H,28,29)/b8-6-. The van der Waals surface area contributed by atoms with Crippen LogP contribution < -0.4 is 10.2 Å². The summed E-state index contributed by atoms with van der Waals surface area (Å²) in [5.41, 5.74) is 8.74. The third-order valence-corrected chi connectivity index (χ3v) is 4.92. The number of aromatic nitrogens is 1. The Morgan fingerprint density at radius 2 is 1.58 bits per heavy atom. The maximum Gasteiger partial charge on any atom is 0.279 e. The number of amides is 1. The first-order valence-electron chi connectivity index (χ1n) is 9.92. The van der Waals surface area contributed by atoms with Crippen LogP contribution in [0.5, 0.6) is 5.75 Å². The highest BCUT2D eigenvalue weighted by Crippen LogP contribution is 2.36. The molecule has 1 amide bonds. The number of nitrogens with zero attached hydrogens (tertiary/aromatic N) is 1. The van der Waals surface area contributed by atoms with Crippen molar-refractivity contribution >= 4 is 18.1 Å². The average Bonchev–Trinajstić information content (AvgIpc) is 2.79. The molecular weight excluding hydrogens is 388 g/mol. The van der Waals surface area contributed by atoms with E-state index in [1.807, 2.05) is 43.3 Å². The van der Waals surface area contributed by atoms with E-state index in [2.05, 4.69) is 43.2 Å². The summed E-state index contributed by atoms with van der Waals surface area (Å²) in [6.07, 6.45) is 5.30. The lowest BCUT2D eigenvalue weighted by molar-refractivity contribution is 0.0534. The summed E-state index contributed by atoms with van der Waals surface area (Å²) in [5, 5.41) is 0. The van der Waals surface area contributed by atoms with E-state index in [1.165, 1.54) is 19.8 Å². The maximum atomic E-state index is 12.8. The van der Waals surface area contributed by atoms with Crippen LogP contribution in [0.3, 0.4) is 0 Å². The third kappa shape index (κ3) is 4.57. The molecule has 5 nitrogen and oxygen atoms in total. The van der Waals surface area contributed by atoms with Crippen LogP contribution in [0.15, 0.2) is 61.2 Å². The Kier molecular flexibility index (Phi) is 7.00. The van der Waals surface area contributed by atoms with E-state index in [9.17, 15) is 4.79 Å². The first-order valence-corrected chi connectivity index (χ1v) is 9.92. The Labute approximate surface area is 183 Å². The predicted octanol–water partition coefficient (Wildman–Crippen LogP) is 5.70. The minimum Gasteiger partial charge on any atom is -0.494 e. The lowest BCUT2D eigenvalue weighted by atomic mass is 9.97. The molecule has 2 aromatic carbocycles. The molecule has 1 heterocycles. The van der Waals surface area contributed by atoms with Gasteiger partial charge in [0.25, 0.3) is 5.91 Å². The summed E-state index contributed by atoms with van der Waals surface area (Å²) in [5.74, 6) is -0.0688. The zero-order valence-electron chi connectivity index (χ0n) is 18.2. The smallest absolute Gasteiger partial charge is 0.279 e. The van der Waals surface area contributed by atoms with E-state index in [4.69, 9.17) is 14.6 Å². The second-order valence-corrected chi connectivity index (χ2v) is 6.95. The summed E-state index contributed by atoms with van der Waals surface area (Å²) < 4.78 is 5.65. The lowest BCUT2D eigenvalue weighted by Crippen LogP contribution is -2.24. The van der Waals surface area contributed by atoms with Gasteiger partial charge in [0, 0.05) is 11.1 Å². The van der Waals surface area contributed by atoms with Crippen LogP contribution in [0.2, 0.25) is 0 Å². The van der Waals surface area contributed by atoms with Crippen LogP contribution >= 0.6 is 0 Å². The number of hydroxylamine groups is 1. The first kappa shape index (κ1) is 22.0. The fraction of sp³-hybridized carbons (Fsp3) is 0.154. The molecule has 0 spiro atoms. The highest BCUT2D eigenvalue weighted by Gasteiger charge is 2.24. The summed E-state index contributed by atoms with van der Waals surface area (Å²) in [4.78, 5) is 22.4. The number of nitrogens with one attached hydrogen (secondary N) is 1. The van der Waals surface area contributed by atoms with Gasteiger partial charge in [-0.25, -0.2) is 10.5 Å². The fourth-order valence-corrected chi connectivity index (χ4v) is 3.42. The third-order valence-electron chi connectivity index (χ3n) is 4.92. The predicted molar refractivity (Wildman–Crippen MR) is 126 cm³/mol. The molecule has 0 radical (unpaired) electrons. The molecule has 0 saturated heterocycles. The molecule has 0 bridgehead atoms. The number of carbonyl (C=O) groups is 1. The molecule has 0 atom stereocenters. The fourth-order valence-electron chi connectivity index (χ4n) is 3.42. The van der Waals surface area contributed by atoms with Crippen molar-refractivity contribution in [2.45, 2.75) is 13.8 Å². The van der Waals surface area contributed by atoms with Crippen LogP contribution in [0.4, 0.5) is 0 Å². The number of ether oxygens (including phenoxy) is 1. The number of methoxy groups -OCH3 is 1. The second kappa shape index (κ2) is 9.87. The molecule has 31 heavy (non-hydrogen) atoms. The van der Waals surface area contributed by atoms with Gasteiger partial charge in [0.1, 0.15) is 5.69 Å². The van der Waals surface area contributed by atoms with Crippen molar-refractivity contribution in [2.75, 3.05) is 14.2 Å². The van der Waals surface area contributed by atoms with E-state index in [0.29, 0.717) is 28.3 Å². The minimum atomic E-state index is -0.431. The molecular formula is C26H26N2O3. The lowest BCUT2D eigenvalue weighted by Gasteiger charge is -2.17. The van der Waals surface area contributed by atoms with Gasteiger partial charge in [-0.3, -0.25) is 9.63 Å². The van der Waals surface area contributed by atoms with Gasteiger partial charge in [0.2, 0.25) is 0 Å². The number of rotatable bonds is 7. The number of hydrogen-bond acceptors (Lipinski definition) is 4. The van der Waals surface area contributed by atoms with Gasteiger partial charge in [-0.15, -0.1) is 0 Å². The van der Waals surface area contributed by atoms with Crippen LogP contribution in [-0.4, -0.2) is 25.1 Å². The van der Waals surface area contributed by atoms with E-state index in [-0.39, 0.29) is 0 Å². The minimum absolute atomic E-state index is 0.320. The molecule has 5 heteroatoms. The van der Waals surface area contributed by atoms with Crippen molar-refractivity contribution in [3.63, 3.8) is 0 Å². The maximum absolute atomic E-state index is 12.8. The van der Waals surface area contributed by atoms with E-state index >= 15 is 0 Å². The molecule has 0 unspecified atom stereocenters. The van der Waals surface area contributed by atoms with Gasteiger partial charge in [0.15, 0.2) is 5.75 Å². The van der Waals surface area contributed by atoms with Gasteiger partial charge >= 0.3 is 0 Å². The quantitative estimate of drug-likeness (QED) is 0.504. The van der Waals surface area contributed by atoms with Crippen LogP contribution in [0.25, 0.3) is 34.5 Å². The second-order valence-electron chi connectivity index (χ2n) is 6.95. The number of hydrogen-bond donors (Lipinski definition) is 1. The van der Waals surface area contributed by atoms with Crippen LogP contribution in [0, 0.1) is 6.92 Å². The van der Waals surface area contributed by atoms with Gasteiger partial charge < -0.3 is 4.74 Å². The average molecular weight is 415 g/mol. The van der Waals surface area contributed by atoms with Crippen LogP contribution in [0.1, 0.15) is 34.1 Å². The van der Waals surface area contributed by atoms with Crippen molar-refractivity contribution < 1.29 is 14.4 Å². The summed E-state index contributed by atoms with van der Waals surface area (Å²) >= 11 is 0. The molecule has 0 aliphatic carbocycles. The number of allylic oxidation sites excluding steroid dienone is 1. The zero-order valence-corrected chi connectivity index (χ0v) is 18.2. The normalized spacial score (nSPS) is 10.8. The van der Waals surface area contributed by atoms with Crippen molar-refractivity contribution in [3.8, 4) is 28.1 Å². The van der Waals surface area contributed by atoms with Crippen molar-refractivity contribution in [3.05, 3.63) is 83.6 Å². The molecule has 0 saturated carbocycles. The number of carbonyl (C=O) groups excluding carboxylic acids is 1. The molecule has 0 aliphatic heterocycles. The molecule has 0 fully saturated rings. The molecule has 3 rings (SSSR count). The number of aryl methyl sites for hydroxylation is 1. The first-order chi connectivity index (χ1) is 15.0. The van der Waals surface area contributed by atoms with Gasteiger partial charge in [-0.2, -0.15) is 0 Å². The molecule has 3 aromatic rings. The summed E-state index contributed by atoms with van der Waals surface area (Å²) in [6, 6.07) is 16.4. The number of pyridine rings is 1. The largest absolute Gasteiger partial charge is 0.494 e. The molecule has 0 aliphatic rings. The van der Waals surface area contributed by atoms with Crippen molar-refractivity contribution in [2.24, 2.45) is 0 Å². The van der Waals surface area contributed by atoms with Gasteiger partial charge in [-0.05, 0) is 31.1 Å². The Morgan fingerprint density at radius 3 is 2.10 bits per heavy atom. The Bertz CT molecular complexity index is 1110. The Hall–Kier alpha value is -3.70. The highest BCUT2D eigenvalue weighted by molar-refractivity contribution is 6.03. The monoisotopic (exact) mass is 414 g/mol. The number of benzene rings is 2. The van der Waals surface area contributed by atoms with E-state index in [0.717, 1.165) is 16.7 Å². The molecule has 1 aromatic heterocycles. The van der Waals surface area contributed by atoms with E-state index in [1.54, 1.807) is 6.08 Å². The Morgan fingerprint density at radius 1 is 1.00 bits per heavy atom. The topological polar surface area (TPSA) is 60.5 Å². The van der Waals surface area contributed by atoms with Crippen molar-refractivity contribution in [1.29, 1.82) is 0 Å². The molecule has 158 valence electrons. The van der Waals surface area contributed by atoms with E-state index < -0.39 is 5.91 Å². The zero-order chi connectivity index (χ0) is 22.4. The van der Waals surface area contributed by atoms with Gasteiger partial charge in [-0.1, -0.05) is 72.8 Å². The van der Waals surface area contributed by atoms with Gasteiger partial charge in [0.05, 0.1) is 25.5 Å². The molecule has 1 N–H and O–H groups in total. The SMILES string of the molecule is C=Cc1c(/C=C\C)nc(-c2ccc(-c3ccc(C)cc3)cc2)c(OC)c1C(=O)NOC. The Balaban J connectivity index is 2.18. The van der Waals surface area contributed by atoms with Crippen LogP contribution in [-0.2, 0) is 4.84 Å².